The Kier molecular flexibility index (Phi) is 4.55. The monoisotopic (exact) mass is 401 g/mol. The summed E-state index contributed by atoms with van der Waals surface area (Å²) in [6, 6.07) is 0.133. The molecule has 2 aromatic rings. The van der Waals surface area contributed by atoms with Crippen LogP contribution in [-0.2, 0) is 9.53 Å². The molecule has 1 aliphatic carbocycles. The van der Waals surface area contributed by atoms with Crippen molar-refractivity contribution in [3.05, 3.63) is 26.6 Å². The normalized spacial score (nSPS) is 23.6. The van der Waals surface area contributed by atoms with Crippen LogP contribution in [0.15, 0.2) is 4.79 Å². The molecule has 0 bridgehead atoms. The van der Waals surface area contributed by atoms with Gasteiger partial charge in [-0.3, -0.25) is 14.2 Å². The van der Waals surface area contributed by atoms with Crippen LogP contribution in [0.1, 0.15) is 66.7 Å². The molecule has 28 heavy (non-hydrogen) atoms. The zero-order valence-corrected chi connectivity index (χ0v) is 17.4. The number of ether oxygens (including phenoxy) is 1. The molecule has 2 aliphatic heterocycles. The van der Waals surface area contributed by atoms with Gasteiger partial charge >= 0.3 is 0 Å². The number of carbonyl (C=O) groups is 1. The molecule has 3 aliphatic rings. The van der Waals surface area contributed by atoms with E-state index in [-0.39, 0.29) is 23.6 Å². The quantitative estimate of drug-likeness (QED) is 0.792. The van der Waals surface area contributed by atoms with Crippen LogP contribution in [0, 0.1) is 13.8 Å². The minimum absolute atomic E-state index is 0.123. The Morgan fingerprint density at radius 2 is 1.89 bits per heavy atom. The molecule has 0 unspecified atom stereocenters. The third-order valence-electron chi connectivity index (χ3n) is 6.55. The van der Waals surface area contributed by atoms with E-state index in [1.54, 1.807) is 11.3 Å². The summed E-state index contributed by atoms with van der Waals surface area (Å²) in [7, 11) is 0. The van der Waals surface area contributed by atoms with Gasteiger partial charge in [-0.2, -0.15) is 0 Å². The van der Waals surface area contributed by atoms with E-state index in [0.717, 1.165) is 60.1 Å². The summed E-state index contributed by atoms with van der Waals surface area (Å²) in [6.07, 6.45) is 5.42. The molecule has 3 fully saturated rings. The van der Waals surface area contributed by atoms with Crippen molar-refractivity contribution in [1.82, 2.24) is 14.5 Å². The van der Waals surface area contributed by atoms with Gasteiger partial charge in [-0.05, 0) is 57.9 Å². The highest BCUT2D eigenvalue weighted by Gasteiger charge is 2.35. The summed E-state index contributed by atoms with van der Waals surface area (Å²) in [5.41, 5.74) is 1.19. The second-order valence-electron chi connectivity index (χ2n) is 8.44. The van der Waals surface area contributed by atoms with E-state index in [2.05, 4.69) is 6.92 Å². The molecule has 150 valence electrons. The van der Waals surface area contributed by atoms with Gasteiger partial charge in [0.25, 0.3) is 11.5 Å². The molecule has 1 atom stereocenters. The van der Waals surface area contributed by atoms with Crippen molar-refractivity contribution in [3.63, 3.8) is 0 Å². The number of aromatic nitrogens is 2. The molecule has 6 nitrogen and oxygen atoms in total. The summed E-state index contributed by atoms with van der Waals surface area (Å²) in [5.74, 6) is 1.53. The molecule has 0 spiro atoms. The van der Waals surface area contributed by atoms with Gasteiger partial charge in [0, 0.05) is 36.5 Å². The number of hydrogen-bond donors (Lipinski definition) is 0. The summed E-state index contributed by atoms with van der Waals surface area (Å²) in [5, 5.41) is 0.796. The Morgan fingerprint density at radius 3 is 2.54 bits per heavy atom. The first-order valence-corrected chi connectivity index (χ1v) is 11.3. The molecule has 2 saturated heterocycles. The zero-order chi connectivity index (χ0) is 19.4. The van der Waals surface area contributed by atoms with Crippen molar-refractivity contribution in [2.45, 2.75) is 70.4 Å². The number of amides is 1. The number of hydrogen-bond acceptors (Lipinski definition) is 5. The Bertz CT molecular complexity index is 977. The molecule has 1 saturated carbocycles. The number of likely N-dealkylation sites (tertiary alicyclic amines) is 1. The molecule has 0 radical (unpaired) electrons. The lowest BCUT2D eigenvalue weighted by atomic mass is 10.0. The molecular weight excluding hydrogens is 374 g/mol. The van der Waals surface area contributed by atoms with E-state index >= 15 is 0 Å². The summed E-state index contributed by atoms with van der Waals surface area (Å²) >= 11 is 1.63. The van der Waals surface area contributed by atoms with Crippen LogP contribution in [-0.4, -0.2) is 46.2 Å². The van der Waals surface area contributed by atoms with Gasteiger partial charge in [-0.1, -0.05) is 0 Å². The summed E-state index contributed by atoms with van der Waals surface area (Å²) in [4.78, 5) is 35.1. The molecule has 5 rings (SSSR count). The minimum Gasteiger partial charge on any atom is -0.368 e. The van der Waals surface area contributed by atoms with Crippen molar-refractivity contribution in [2.24, 2.45) is 0 Å². The van der Waals surface area contributed by atoms with Crippen molar-refractivity contribution < 1.29 is 9.53 Å². The van der Waals surface area contributed by atoms with E-state index in [1.807, 2.05) is 16.4 Å². The predicted octanol–water partition coefficient (Wildman–Crippen LogP) is 3.29. The molecule has 4 heterocycles. The lowest BCUT2D eigenvalue weighted by Gasteiger charge is -2.34. The van der Waals surface area contributed by atoms with Gasteiger partial charge in [0.2, 0.25) is 0 Å². The van der Waals surface area contributed by atoms with Gasteiger partial charge < -0.3 is 9.64 Å². The maximum Gasteiger partial charge on any atom is 0.262 e. The first kappa shape index (κ1) is 18.3. The smallest absolute Gasteiger partial charge is 0.262 e. The van der Waals surface area contributed by atoms with E-state index in [9.17, 15) is 9.59 Å². The fourth-order valence-corrected chi connectivity index (χ4v) is 5.65. The Balaban J connectivity index is 1.44. The first-order chi connectivity index (χ1) is 13.5. The van der Waals surface area contributed by atoms with E-state index in [4.69, 9.17) is 9.72 Å². The Hall–Kier alpha value is -1.73. The number of rotatable bonds is 3. The number of piperidine rings is 1. The minimum atomic E-state index is -0.254. The summed E-state index contributed by atoms with van der Waals surface area (Å²) < 4.78 is 7.56. The highest BCUT2D eigenvalue weighted by Crippen LogP contribution is 2.41. The van der Waals surface area contributed by atoms with Crippen molar-refractivity contribution in [2.75, 3.05) is 19.7 Å². The van der Waals surface area contributed by atoms with Gasteiger partial charge in [0.15, 0.2) is 0 Å². The lowest BCUT2D eigenvalue weighted by Crippen LogP contribution is -2.45. The highest BCUT2D eigenvalue weighted by atomic mass is 32.1. The predicted molar refractivity (Wildman–Crippen MR) is 109 cm³/mol. The van der Waals surface area contributed by atoms with Crippen molar-refractivity contribution in [3.8, 4) is 0 Å². The second kappa shape index (κ2) is 6.95. The molecule has 0 N–H and O–H groups in total. The van der Waals surface area contributed by atoms with Crippen LogP contribution in [0.25, 0.3) is 10.2 Å². The second-order valence-corrected chi connectivity index (χ2v) is 9.64. The van der Waals surface area contributed by atoms with Crippen molar-refractivity contribution >= 4 is 27.5 Å². The Morgan fingerprint density at radius 1 is 1.14 bits per heavy atom. The summed E-state index contributed by atoms with van der Waals surface area (Å²) in [6.45, 7) is 6.18. The topological polar surface area (TPSA) is 64.4 Å². The average Bonchev–Trinajstić information content (AvgIpc) is 3.31. The maximum absolute atomic E-state index is 13.5. The molecule has 0 aromatic carbocycles. The molecular formula is C21H27N3O3S. The SMILES string of the molecule is Cc1sc2nc(C3CC3)n(C3CCN(C(=O)[C@H]4CCCO4)CC3)c(=O)c2c1C. The van der Waals surface area contributed by atoms with E-state index in [0.29, 0.717) is 25.6 Å². The third kappa shape index (κ3) is 2.99. The number of nitrogens with zero attached hydrogens (tertiary/aromatic N) is 3. The largest absolute Gasteiger partial charge is 0.368 e. The Labute approximate surface area is 168 Å². The van der Waals surface area contributed by atoms with Gasteiger partial charge in [0.1, 0.15) is 16.8 Å². The third-order valence-corrected chi connectivity index (χ3v) is 7.65. The lowest BCUT2D eigenvalue weighted by molar-refractivity contribution is -0.142. The van der Waals surface area contributed by atoms with Gasteiger partial charge in [-0.25, -0.2) is 4.98 Å². The van der Waals surface area contributed by atoms with Crippen molar-refractivity contribution in [1.29, 1.82) is 0 Å². The number of carbonyl (C=O) groups excluding carboxylic acids is 1. The van der Waals surface area contributed by atoms with Crippen LogP contribution in [0.4, 0.5) is 0 Å². The van der Waals surface area contributed by atoms with Crippen LogP contribution in [0.2, 0.25) is 0 Å². The standard InChI is InChI=1S/C21H27N3O3S/c1-12-13(2)28-19-17(12)21(26)24(18(22-19)14-5-6-14)15-7-9-23(10-8-15)20(25)16-4-3-11-27-16/h14-16H,3-11H2,1-2H3/t16-/m1/s1. The molecule has 2 aromatic heterocycles. The highest BCUT2D eigenvalue weighted by molar-refractivity contribution is 7.18. The van der Waals surface area contributed by atoms with Gasteiger partial charge in [0.05, 0.1) is 5.39 Å². The number of fused-ring (bicyclic) bond motifs is 1. The maximum atomic E-state index is 13.5. The van der Waals surface area contributed by atoms with Gasteiger partial charge in [-0.15, -0.1) is 11.3 Å². The number of aryl methyl sites for hydroxylation is 2. The molecule has 7 heteroatoms. The number of thiophene rings is 1. The average molecular weight is 402 g/mol. The van der Waals surface area contributed by atoms with E-state index in [1.165, 1.54) is 4.88 Å². The fourth-order valence-electron chi connectivity index (χ4n) is 4.62. The van der Waals surface area contributed by atoms with Crippen LogP contribution in [0.3, 0.4) is 0 Å². The van der Waals surface area contributed by atoms with E-state index < -0.39 is 0 Å². The van der Waals surface area contributed by atoms with Crippen LogP contribution in [0.5, 0.6) is 0 Å². The zero-order valence-electron chi connectivity index (χ0n) is 16.6. The van der Waals surface area contributed by atoms with Crippen LogP contribution < -0.4 is 5.56 Å². The first-order valence-electron chi connectivity index (χ1n) is 10.5. The molecule has 1 amide bonds. The fraction of sp³-hybridized carbons (Fsp3) is 0.667. The van der Waals surface area contributed by atoms with Crippen LogP contribution >= 0.6 is 11.3 Å².